The van der Waals surface area contributed by atoms with Crippen molar-refractivity contribution < 1.29 is 36.2 Å². The summed E-state index contributed by atoms with van der Waals surface area (Å²) in [5, 5.41) is 9.00. The maximum atomic E-state index is 11.8. The van der Waals surface area contributed by atoms with Crippen LogP contribution in [0.1, 0.15) is 0 Å². The molecule has 0 spiro atoms. The first-order valence-electron chi connectivity index (χ1n) is 2.42. The van der Waals surface area contributed by atoms with Gasteiger partial charge in [-0.2, -0.15) is 22.1 Å². The number of hydrogen-bond donors (Lipinski definition) is 0. The number of hydrogen-bond acceptors (Lipinski definition) is 1. The molecule has 0 amide bonds. The smallest absolute Gasteiger partial charge is 0.422 e. The van der Waals surface area contributed by atoms with Crippen molar-refractivity contribution in [3.05, 3.63) is 0 Å². The number of carbonyl (C=O) groups excluding carboxylic acids is 1. The van der Waals surface area contributed by atoms with E-state index in [1.807, 2.05) is 0 Å². The molecule has 0 fully saturated rings. The molecule has 0 aliphatic carbocycles. The van der Waals surface area contributed by atoms with Crippen LogP contribution in [-0.4, -0.2) is 24.6 Å². The van der Waals surface area contributed by atoms with Gasteiger partial charge in [0.1, 0.15) is 0 Å². The van der Waals surface area contributed by atoms with Gasteiger partial charge in [-0.3, -0.25) is 0 Å². The fourth-order valence-corrected chi connectivity index (χ4v) is 0.284. The van der Waals surface area contributed by atoms with Crippen LogP contribution >= 0.6 is 0 Å². The van der Waals surface area contributed by atoms with Gasteiger partial charge in [0.15, 0.2) is 0 Å². The predicted molar refractivity (Wildman–Crippen MR) is 22.0 cm³/mol. The van der Waals surface area contributed by atoms with Crippen molar-refractivity contribution in [2.75, 3.05) is 0 Å². The summed E-state index contributed by atoms with van der Waals surface area (Å²) in [5.41, 5.74) is 0. The zero-order chi connectivity index (χ0) is 9.99. The SMILES string of the molecule is [O-][O+]=CC(F)(F)C(F)(F)C(F)F. The normalized spacial score (nSPS) is 14.6. The molecule has 0 radical (unpaired) electrons. The van der Waals surface area contributed by atoms with Crippen LogP contribution in [0.2, 0.25) is 0 Å². The molecular formula is C4H2F6O2. The highest BCUT2D eigenvalue weighted by Crippen LogP contribution is 2.37. The van der Waals surface area contributed by atoms with Gasteiger partial charge in [0.05, 0.1) is 0 Å². The first kappa shape index (κ1) is 11.0. The first-order chi connectivity index (χ1) is 5.25. The summed E-state index contributed by atoms with van der Waals surface area (Å²) in [5.74, 6) is -10.9. The third-order valence-corrected chi connectivity index (χ3v) is 0.915. The molecule has 0 saturated carbocycles. The Kier molecular flexibility index (Phi) is 2.94. The van der Waals surface area contributed by atoms with Crippen LogP contribution in [0.25, 0.3) is 0 Å². The van der Waals surface area contributed by atoms with E-state index in [-0.39, 0.29) is 0 Å². The van der Waals surface area contributed by atoms with Crippen molar-refractivity contribution in [2.45, 2.75) is 18.3 Å². The maximum Gasteiger partial charge on any atom is 0.422 e. The van der Waals surface area contributed by atoms with E-state index in [0.717, 1.165) is 0 Å². The van der Waals surface area contributed by atoms with Crippen molar-refractivity contribution >= 4 is 6.29 Å². The molecule has 72 valence electrons. The lowest BCUT2D eigenvalue weighted by molar-refractivity contribution is -1.05. The van der Waals surface area contributed by atoms with Gasteiger partial charge in [-0.05, 0) is 0 Å². The van der Waals surface area contributed by atoms with Gasteiger partial charge in [0, 0.05) is 0 Å². The van der Waals surface area contributed by atoms with Crippen LogP contribution in [0, 0.1) is 0 Å². The van der Waals surface area contributed by atoms with Gasteiger partial charge in [-0.1, -0.05) is 0 Å². The highest BCUT2D eigenvalue weighted by Gasteiger charge is 2.66. The van der Waals surface area contributed by atoms with Gasteiger partial charge in [0.25, 0.3) is 0 Å². The Hall–Kier alpha value is -0.950. The van der Waals surface area contributed by atoms with Gasteiger partial charge >= 0.3 is 24.6 Å². The number of halogens is 6. The highest BCUT2D eigenvalue weighted by atomic mass is 19.3. The fourth-order valence-electron chi connectivity index (χ4n) is 0.284. The van der Waals surface area contributed by atoms with Crippen molar-refractivity contribution in [3.8, 4) is 0 Å². The molecule has 0 heterocycles. The van der Waals surface area contributed by atoms with Gasteiger partial charge in [-0.15, -0.1) is 0 Å². The second kappa shape index (κ2) is 3.20. The molecule has 0 aliphatic rings. The largest absolute Gasteiger partial charge is 0.463 e. The number of rotatable bonds is 3. The third kappa shape index (κ3) is 1.80. The summed E-state index contributed by atoms with van der Waals surface area (Å²) in [7, 11) is 0. The summed E-state index contributed by atoms with van der Waals surface area (Å²) in [4.78, 5) is 0. The molecule has 12 heavy (non-hydrogen) atoms. The Morgan fingerprint density at radius 2 is 1.58 bits per heavy atom. The van der Waals surface area contributed by atoms with E-state index in [0.29, 0.717) is 0 Å². The van der Waals surface area contributed by atoms with E-state index < -0.39 is 24.6 Å². The Labute approximate surface area is 62.0 Å². The summed E-state index contributed by atoms with van der Waals surface area (Å²) >= 11 is 0. The standard InChI is InChI=1S/C4H2F6O2/c5-2(6)4(9,10)3(7,8)1-12-11/h1-2H. The van der Waals surface area contributed by atoms with Crippen LogP contribution < -0.4 is 5.26 Å². The summed E-state index contributed by atoms with van der Waals surface area (Å²) in [6.45, 7) is 0. The minimum absolute atomic E-state index is 1.18. The molecule has 0 atom stereocenters. The van der Waals surface area contributed by atoms with Crippen molar-refractivity contribution in [1.82, 2.24) is 0 Å². The topological polar surface area (TPSA) is 34.4 Å². The molecule has 0 rings (SSSR count). The van der Waals surface area contributed by atoms with Gasteiger partial charge in [-0.25, -0.2) is 8.78 Å². The lowest BCUT2D eigenvalue weighted by Crippen LogP contribution is -2.48. The maximum absolute atomic E-state index is 11.8. The quantitative estimate of drug-likeness (QED) is 0.213. The fraction of sp³-hybridized carbons (Fsp3) is 0.750. The Balaban J connectivity index is 4.74. The van der Waals surface area contributed by atoms with Crippen molar-refractivity contribution in [2.24, 2.45) is 0 Å². The Morgan fingerprint density at radius 3 is 1.83 bits per heavy atom. The van der Waals surface area contributed by atoms with Crippen LogP contribution in [0.3, 0.4) is 0 Å². The summed E-state index contributed by atoms with van der Waals surface area (Å²) < 4.78 is 72.0. The van der Waals surface area contributed by atoms with Crippen LogP contribution in [-0.2, 0) is 4.58 Å². The van der Waals surface area contributed by atoms with E-state index in [2.05, 4.69) is 4.58 Å². The number of aldehydes is 1. The van der Waals surface area contributed by atoms with Crippen LogP contribution in [0.4, 0.5) is 26.3 Å². The monoisotopic (exact) mass is 196 g/mol. The van der Waals surface area contributed by atoms with E-state index in [9.17, 15) is 26.3 Å². The van der Waals surface area contributed by atoms with Crippen LogP contribution in [0.5, 0.6) is 0 Å². The summed E-state index contributed by atoms with van der Waals surface area (Å²) in [6.07, 6.45) is -5.75. The Bertz CT molecular complexity index is 176. The predicted octanol–water partition coefficient (Wildman–Crippen LogP) is 0.532. The second-order valence-electron chi connectivity index (χ2n) is 1.76. The third-order valence-electron chi connectivity index (χ3n) is 0.915. The van der Waals surface area contributed by atoms with Gasteiger partial charge in [0.2, 0.25) is 0 Å². The van der Waals surface area contributed by atoms with E-state index in [4.69, 9.17) is 5.26 Å². The van der Waals surface area contributed by atoms with Crippen LogP contribution in [0.15, 0.2) is 0 Å². The summed E-state index contributed by atoms with van der Waals surface area (Å²) in [6, 6.07) is 0. The number of alkyl halides is 6. The van der Waals surface area contributed by atoms with E-state index >= 15 is 0 Å². The van der Waals surface area contributed by atoms with E-state index in [1.165, 1.54) is 0 Å². The molecule has 0 saturated heterocycles. The van der Waals surface area contributed by atoms with Crippen molar-refractivity contribution in [1.29, 1.82) is 0 Å². The lowest BCUT2D eigenvalue weighted by Gasteiger charge is -2.18. The molecular weight excluding hydrogens is 194 g/mol. The van der Waals surface area contributed by atoms with E-state index in [1.54, 1.807) is 0 Å². The average molecular weight is 196 g/mol. The highest BCUT2D eigenvalue weighted by molar-refractivity contribution is 5.61. The van der Waals surface area contributed by atoms with Crippen molar-refractivity contribution in [3.63, 3.8) is 0 Å². The molecule has 8 heteroatoms. The Morgan fingerprint density at radius 1 is 1.17 bits per heavy atom. The first-order valence-corrected chi connectivity index (χ1v) is 2.42. The second-order valence-corrected chi connectivity index (χ2v) is 1.76. The molecule has 0 N–H and O–H groups in total. The molecule has 0 unspecified atom stereocenters. The minimum atomic E-state index is -5.60. The molecule has 0 aromatic rings. The lowest BCUT2D eigenvalue weighted by atomic mass is 10.2. The molecule has 2 nitrogen and oxygen atoms in total. The molecule has 0 aromatic carbocycles. The zero-order valence-corrected chi connectivity index (χ0v) is 5.24. The van der Waals surface area contributed by atoms with Gasteiger partial charge < -0.3 is 5.26 Å². The minimum Gasteiger partial charge on any atom is -0.463 e. The average Bonchev–Trinajstić information content (AvgIpc) is 1.86. The zero-order valence-electron chi connectivity index (χ0n) is 5.24. The molecule has 0 aromatic heterocycles. The molecule has 0 bridgehead atoms. The molecule has 0 aliphatic heterocycles.